The minimum Gasteiger partial charge on any atom is -0.288 e. The average Bonchev–Trinajstić information content (AvgIpc) is 3.49. The van der Waals surface area contributed by atoms with Crippen LogP contribution >= 0.6 is 0 Å². The summed E-state index contributed by atoms with van der Waals surface area (Å²) in [6, 6.07) is 0. The van der Waals surface area contributed by atoms with Crippen LogP contribution in [0.5, 0.6) is 0 Å². The smallest absolute Gasteiger partial charge is 0.205 e. The van der Waals surface area contributed by atoms with Crippen molar-refractivity contribution >= 4 is 16.7 Å². The maximum absolute atomic E-state index is 13.8. The topological polar surface area (TPSA) is 45.8 Å². The fourth-order valence-corrected chi connectivity index (χ4v) is 3.86. The zero-order valence-corrected chi connectivity index (χ0v) is 21.5. The third-order valence-corrected chi connectivity index (χ3v) is 6.11. The molecule has 1 aromatic heterocycles. The molecule has 1 N–H and O–H groups in total. The number of rotatable bonds is 3. The lowest BCUT2D eigenvalue weighted by Gasteiger charge is -2.10. The van der Waals surface area contributed by atoms with Gasteiger partial charge in [-0.05, 0) is 0 Å². The molecule has 4 aromatic carbocycles. The van der Waals surface area contributed by atoms with E-state index in [1.54, 1.807) is 5.10 Å². The first-order valence-corrected chi connectivity index (χ1v) is 11.5. The van der Waals surface area contributed by atoms with E-state index in [1.807, 2.05) is 0 Å². The van der Waals surface area contributed by atoms with Gasteiger partial charge < -0.3 is 0 Å². The molecule has 0 aliphatic carbocycles. The van der Waals surface area contributed by atoms with Crippen molar-refractivity contribution in [3.8, 4) is 11.3 Å². The van der Waals surface area contributed by atoms with E-state index in [-0.39, 0.29) is 14.9 Å². The van der Waals surface area contributed by atoms with Crippen molar-refractivity contribution in [1.29, 1.82) is 0 Å². The van der Waals surface area contributed by atoms with E-state index in [4.69, 9.17) is 0 Å². The number of ketones is 1. The molecule has 22 heteroatoms. The molecule has 0 aliphatic rings. The van der Waals surface area contributed by atoms with Crippen molar-refractivity contribution in [2.24, 2.45) is 0 Å². The average molecular weight is 750 g/mol. The maximum atomic E-state index is 13.8. The molecule has 0 spiro atoms. The number of hydrogen-bond donors (Lipinski definition) is 1. The molecule has 0 fully saturated rings. The number of benzene rings is 4. The SMILES string of the molecule is C.C.Fc1c(F)c(F)c(-c2[nH]nc3c(F)c(F)c(F)c(F)c23)c(F)c1F.O=C(c1c(F)c(F)c(F)c(F)c1F)c1c(F)c(F)c(F)c(F)c1F. The van der Waals surface area contributed by atoms with Crippen LogP contribution < -0.4 is 0 Å². The molecule has 0 saturated carbocycles. The Morgan fingerprint density at radius 3 is 0.960 bits per heavy atom. The first-order chi connectivity index (χ1) is 22.2. The summed E-state index contributed by atoms with van der Waals surface area (Å²) >= 11 is 0. The van der Waals surface area contributed by atoms with Gasteiger partial charge in [0.1, 0.15) is 16.6 Å². The second kappa shape index (κ2) is 14.3. The van der Waals surface area contributed by atoms with Crippen molar-refractivity contribution < 1.29 is 88.2 Å². The number of halogens is 19. The zero-order valence-electron chi connectivity index (χ0n) is 21.5. The molecule has 0 atom stereocenters. The molecule has 3 nitrogen and oxygen atoms in total. The summed E-state index contributed by atoms with van der Waals surface area (Å²) < 4.78 is 252. The second-order valence-electron chi connectivity index (χ2n) is 8.74. The zero-order chi connectivity index (χ0) is 36.4. The molecule has 0 bridgehead atoms. The van der Waals surface area contributed by atoms with E-state index < -0.39 is 150 Å². The van der Waals surface area contributed by atoms with E-state index in [2.05, 4.69) is 5.10 Å². The van der Waals surface area contributed by atoms with Gasteiger partial charge >= 0.3 is 0 Å². The van der Waals surface area contributed by atoms with Gasteiger partial charge in [-0.2, -0.15) is 5.10 Å². The summed E-state index contributed by atoms with van der Waals surface area (Å²) in [6.45, 7) is 0. The van der Waals surface area contributed by atoms with Crippen LogP contribution in [0.15, 0.2) is 0 Å². The first-order valence-electron chi connectivity index (χ1n) is 11.5. The monoisotopic (exact) mass is 750 g/mol. The molecule has 0 aliphatic heterocycles. The number of nitrogens with one attached hydrogen (secondary N) is 1. The van der Waals surface area contributed by atoms with Crippen molar-refractivity contribution in [2.45, 2.75) is 14.9 Å². The summed E-state index contributed by atoms with van der Waals surface area (Å²) in [5, 5.41) is 3.31. The van der Waals surface area contributed by atoms with Crippen LogP contribution in [-0.2, 0) is 0 Å². The first kappa shape index (κ1) is 40.9. The van der Waals surface area contributed by atoms with E-state index in [1.165, 1.54) is 0 Å². The molecule has 0 saturated heterocycles. The largest absolute Gasteiger partial charge is 0.288 e. The van der Waals surface area contributed by atoms with Crippen LogP contribution in [0.4, 0.5) is 83.4 Å². The number of aromatic nitrogens is 2. The molecular weight excluding hydrogens is 741 g/mol. The van der Waals surface area contributed by atoms with Crippen molar-refractivity contribution in [2.75, 3.05) is 0 Å². The highest BCUT2D eigenvalue weighted by atomic mass is 19.2. The summed E-state index contributed by atoms with van der Waals surface area (Å²) in [5.41, 5.74) is -8.89. The Bertz CT molecular complexity index is 2050. The van der Waals surface area contributed by atoms with Gasteiger partial charge in [0, 0.05) is 0 Å². The Hall–Kier alpha value is -5.31. The fraction of sp³-hybridized carbons (Fsp3) is 0.0714. The summed E-state index contributed by atoms with van der Waals surface area (Å²) in [5.74, 6) is -50.4. The van der Waals surface area contributed by atoms with E-state index in [0.29, 0.717) is 0 Å². The number of aromatic amines is 1. The number of carbonyl (C=O) groups excluding carboxylic acids is 1. The van der Waals surface area contributed by atoms with Crippen molar-refractivity contribution in [1.82, 2.24) is 10.2 Å². The van der Waals surface area contributed by atoms with Gasteiger partial charge in [-0.3, -0.25) is 9.89 Å². The minimum absolute atomic E-state index is 0. The van der Waals surface area contributed by atoms with Gasteiger partial charge in [0.25, 0.3) is 0 Å². The number of carbonyl (C=O) groups is 1. The Morgan fingerprint density at radius 2 is 0.620 bits per heavy atom. The molecule has 0 amide bonds. The molecule has 0 unspecified atom stereocenters. The third-order valence-electron chi connectivity index (χ3n) is 6.11. The highest BCUT2D eigenvalue weighted by molar-refractivity contribution is 6.09. The number of hydrogen-bond acceptors (Lipinski definition) is 2. The predicted molar refractivity (Wildman–Crippen MR) is 131 cm³/mol. The summed E-state index contributed by atoms with van der Waals surface area (Å²) in [4.78, 5) is 11.7. The van der Waals surface area contributed by atoms with E-state index in [0.717, 1.165) is 0 Å². The van der Waals surface area contributed by atoms with Gasteiger partial charge in [-0.1, -0.05) is 14.9 Å². The van der Waals surface area contributed by atoms with Gasteiger partial charge in [-0.15, -0.1) is 0 Å². The van der Waals surface area contributed by atoms with Crippen molar-refractivity contribution in [3.63, 3.8) is 0 Å². The quantitative estimate of drug-likeness (QED) is 0.0864. The summed E-state index contributed by atoms with van der Waals surface area (Å²) in [6.07, 6.45) is 0. The van der Waals surface area contributed by atoms with Crippen LogP contribution in [0.1, 0.15) is 30.8 Å². The van der Waals surface area contributed by atoms with Gasteiger partial charge in [-0.25, -0.2) is 83.4 Å². The Morgan fingerprint density at radius 1 is 0.360 bits per heavy atom. The second-order valence-corrected chi connectivity index (χ2v) is 8.74. The number of nitrogens with zero attached hydrogens (tertiary/aromatic N) is 1. The lowest BCUT2D eigenvalue weighted by Crippen LogP contribution is -2.18. The number of fused-ring (bicyclic) bond motifs is 1. The van der Waals surface area contributed by atoms with Crippen LogP contribution in [0.3, 0.4) is 0 Å². The van der Waals surface area contributed by atoms with Gasteiger partial charge in [0.05, 0.1) is 16.6 Å². The highest BCUT2D eigenvalue weighted by Crippen LogP contribution is 2.37. The Kier molecular flexibility index (Phi) is 11.7. The standard InChI is InChI=1S/C13F10O.C13HF9N2.2CH4/c14-3-1(4(15)8(19)11(22)7(3)18)13(24)2-5(16)9(20)12(23)10(21)6(2)17;14-3-1(4(15)7(18)9(20)6(3)17)12-2-5(16)8(19)10(21)11(22)13(2)24-23-12;;/h;(H,23,24);2*1H4. The third kappa shape index (κ3) is 5.95. The fourth-order valence-electron chi connectivity index (χ4n) is 3.86. The van der Waals surface area contributed by atoms with Crippen molar-refractivity contribution in [3.05, 3.63) is 122 Å². The molecular formula is C28H9F19N2O. The highest BCUT2D eigenvalue weighted by Gasteiger charge is 2.37. The van der Waals surface area contributed by atoms with E-state index in [9.17, 15) is 88.2 Å². The van der Waals surface area contributed by atoms with Crippen LogP contribution in [0.2, 0.25) is 0 Å². The lowest BCUT2D eigenvalue weighted by atomic mass is 9.99. The molecule has 1 heterocycles. The lowest BCUT2D eigenvalue weighted by molar-refractivity contribution is 0.101. The van der Waals surface area contributed by atoms with Crippen LogP contribution in [0, 0.1) is 111 Å². The minimum atomic E-state index is -2.72. The van der Waals surface area contributed by atoms with Gasteiger partial charge in [0.15, 0.2) is 93.1 Å². The predicted octanol–water partition coefficient (Wildman–Crippen LogP) is 10.1. The van der Waals surface area contributed by atoms with E-state index >= 15 is 0 Å². The van der Waals surface area contributed by atoms with Crippen LogP contribution in [0.25, 0.3) is 22.2 Å². The number of H-pyrrole nitrogens is 1. The molecule has 5 aromatic rings. The van der Waals surface area contributed by atoms with Gasteiger partial charge in [0.2, 0.25) is 23.2 Å². The molecule has 50 heavy (non-hydrogen) atoms. The normalized spacial score (nSPS) is 10.9. The molecule has 0 radical (unpaired) electrons. The Labute approximate surface area is 263 Å². The maximum Gasteiger partial charge on any atom is 0.205 e. The summed E-state index contributed by atoms with van der Waals surface area (Å²) in [7, 11) is 0. The molecule has 5 rings (SSSR count). The van der Waals surface area contributed by atoms with Crippen LogP contribution in [-0.4, -0.2) is 16.0 Å². The Balaban J connectivity index is 0.000000333. The molecule has 270 valence electrons.